The molecule has 1 rings (SSSR count). The summed E-state index contributed by atoms with van der Waals surface area (Å²) >= 11 is 0. The number of ketones is 1. The van der Waals surface area contributed by atoms with E-state index >= 15 is 0 Å². The molecule has 86 valence electrons. The molecule has 0 bridgehead atoms. The van der Waals surface area contributed by atoms with Gasteiger partial charge in [-0.1, -0.05) is 0 Å². The standard InChI is InChI=1S/C6H9O8P/c7-3-1-13-15(12,6(10)11)14-2-4(8)5(3)9/h3,5,7,9H,1-2H2,(H,10,11)/t3-,5-,15?/m1/s1. The van der Waals surface area contributed by atoms with Crippen LogP contribution in [0.3, 0.4) is 0 Å². The van der Waals surface area contributed by atoms with Crippen LogP contribution in [0.2, 0.25) is 0 Å². The van der Waals surface area contributed by atoms with E-state index in [1.54, 1.807) is 0 Å². The number of rotatable bonds is 1. The maximum atomic E-state index is 11.3. The van der Waals surface area contributed by atoms with Crippen molar-refractivity contribution in [1.29, 1.82) is 0 Å². The number of aliphatic hydroxyl groups is 2. The number of carbonyl (C=O) groups excluding carboxylic acids is 1. The Morgan fingerprint density at radius 1 is 1.40 bits per heavy atom. The highest BCUT2D eigenvalue weighted by molar-refractivity contribution is 7.71. The fourth-order valence-electron chi connectivity index (χ4n) is 0.862. The molecule has 3 atom stereocenters. The van der Waals surface area contributed by atoms with Crippen molar-refractivity contribution < 1.29 is 38.5 Å². The molecule has 3 N–H and O–H groups in total. The van der Waals surface area contributed by atoms with Crippen LogP contribution in [-0.2, 0) is 18.4 Å². The third kappa shape index (κ3) is 2.61. The number of hydrogen-bond donors (Lipinski definition) is 3. The van der Waals surface area contributed by atoms with Gasteiger partial charge >= 0.3 is 13.3 Å². The first kappa shape index (κ1) is 12.3. The van der Waals surface area contributed by atoms with Gasteiger partial charge in [0.25, 0.3) is 0 Å². The molecule has 0 amide bonds. The minimum absolute atomic E-state index is 0.753. The van der Waals surface area contributed by atoms with Gasteiger partial charge in [-0.25, -0.2) is 9.36 Å². The molecule has 1 unspecified atom stereocenters. The molecule has 1 aliphatic heterocycles. The third-order valence-corrected chi connectivity index (χ3v) is 3.15. The van der Waals surface area contributed by atoms with Crippen LogP contribution >= 0.6 is 7.60 Å². The first-order valence-electron chi connectivity index (χ1n) is 3.88. The third-order valence-electron chi connectivity index (χ3n) is 1.72. The van der Waals surface area contributed by atoms with Gasteiger partial charge in [-0.15, -0.1) is 0 Å². The summed E-state index contributed by atoms with van der Waals surface area (Å²) in [6.45, 7) is -1.64. The van der Waals surface area contributed by atoms with Gasteiger partial charge < -0.3 is 15.3 Å². The number of carboxylic acid groups (broad SMARTS) is 1. The van der Waals surface area contributed by atoms with E-state index in [9.17, 15) is 14.2 Å². The summed E-state index contributed by atoms with van der Waals surface area (Å²) in [4.78, 5) is 21.5. The Hall–Kier alpha value is -0.790. The summed E-state index contributed by atoms with van der Waals surface area (Å²) in [7, 11) is -4.43. The topological polar surface area (TPSA) is 130 Å². The zero-order chi connectivity index (χ0) is 11.6. The average molecular weight is 240 g/mol. The Balaban J connectivity index is 2.83. The number of aliphatic hydroxyl groups excluding tert-OH is 2. The highest BCUT2D eigenvalue weighted by Crippen LogP contribution is 2.49. The molecule has 15 heavy (non-hydrogen) atoms. The van der Waals surface area contributed by atoms with Crippen molar-refractivity contribution in [3.63, 3.8) is 0 Å². The highest BCUT2D eigenvalue weighted by atomic mass is 31.2. The van der Waals surface area contributed by atoms with Crippen molar-refractivity contribution in [1.82, 2.24) is 0 Å². The van der Waals surface area contributed by atoms with Gasteiger partial charge in [-0.3, -0.25) is 13.8 Å². The monoisotopic (exact) mass is 240 g/mol. The van der Waals surface area contributed by atoms with Crippen LogP contribution in [-0.4, -0.2) is 52.2 Å². The zero-order valence-electron chi connectivity index (χ0n) is 7.40. The van der Waals surface area contributed by atoms with Crippen molar-refractivity contribution in [2.75, 3.05) is 13.2 Å². The quantitative estimate of drug-likeness (QED) is 0.507. The molecule has 1 saturated heterocycles. The Kier molecular flexibility index (Phi) is 3.58. The number of Topliss-reactive ketones (excluding diaryl/α,β-unsaturated/α-hetero) is 1. The molecule has 0 spiro atoms. The minimum atomic E-state index is -4.43. The summed E-state index contributed by atoms with van der Waals surface area (Å²) in [5.41, 5.74) is -1.85. The lowest BCUT2D eigenvalue weighted by atomic mass is 10.1. The van der Waals surface area contributed by atoms with Crippen LogP contribution in [0.1, 0.15) is 0 Å². The summed E-state index contributed by atoms with van der Waals surface area (Å²) in [5, 5.41) is 26.6. The molecule has 0 aromatic heterocycles. The fourth-order valence-corrected chi connectivity index (χ4v) is 1.80. The van der Waals surface area contributed by atoms with Crippen LogP contribution in [0.5, 0.6) is 0 Å². The van der Waals surface area contributed by atoms with Gasteiger partial charge in [0.1, 0.15) is 18.8 Å². The lowest BCUT2D eigenvalue weighted by Crippen LogP contribution is -2.40. The normalized spacial score (nSPS) is 38.1. The van der Waals surface area contributed by atoms with Crippen LogP contribution in [0.4, 0.5) is 4.79 Å². The van der Waals surface area contributed by atoms with E-state index in [2.05, 4.69) is 9.05 Å². The molecular weight excluding hydrogens is 231 g/mol. The molecule has 0 aromatic carbocycles. The Labute approximate surface area is 84.0 Å². The zero-order valence-corrected chi connectivity index (χ0v) is 8.29. The lowest BCUT2D eigenvalue weighted by molar-refractivity contribution is -0.138. The van der Waals surface area contributed by atoms with Gasteiger partial charge in [-0.05, 0) is 0 Å². The predicted octanol–water partition coefficient (Wildman–Crippen LogP) is -0.805. The van der Waals surface area contributed by atoms with Gasteiger partial charge in [-0.2, -0.15) is 0 Å². The van der Waals surface area contributed by atoms with Crippen LogP contribution < -0.4 is 0 Å². The molecule has 9 heteroatoms. The summed E-state index contributed by atoms with van der Waals surface area (Å²) in [5.74, 6) is -0.952. The van der Waals surface area contributed by atoms with Gasteiger partial charge in [0.2, 0.25) is 0 Å². The van der Waals surface area contributed by atoms with Crippen molar-refractivity contribution in [3.05, 3.63) is 0 Å². The molecule has 1 aliphatic rings. The summed E-state index contributed by atoms with van der Waals surface area (Å²) in [6, 6.07) is 0. The predicted molar refractivity (Wildman–Crippen MR) is 44.6 cm³/mol. The molecular formula is C6H9O8P. The maximum Gasteiger partial charge on any atom is 0.438 e. The molecule has 0 radical (unpaired) electrons. The largest absolute Gasteiger partial charge is 0.472 e. The Morgan fingerprint density at radius 3 is 2.53 bits per heavy atom. The van der Waals surface area contributed by atoms with Gasteiger partial charge in [0.15, 0.2) is 5.78 Å². The minimum Gasteiger partial charge on any atom is -0.472 e. The summed E-state index contributed by atoms with van der Waals surface area (Å²) in [6.07, 6.45) is -3.35. The van der Waals surface area contributed by atoms with Crippen LogP contribution in [0.15, 0.2) is 0 Å². The smallest absolute Gasteiger partial charge is 0.438 e. The molecule has 1 fully saturated rings. The van der Waals surface area contributed by atoms with E-state index in [-0.39, 0.29) is 0 Å². The van der Waals surface area contributed by atoms with Crippen molar-refractivity contribution in [2.45, 2.75) is 12.2 Å². The van der Waals surface area contributed by atoms with E-state index in [4.69, 9.17) is 15.3 Å². The van der Waals surface area contributed by atoms with E-state index in [1.807, 2.05) is 0 Å². The van der Waals surface area contributed by atoms with Crippen molar-refractivity contribution in [3.8, 4) is 0 Å². The SMILES string of the molecule is O=C1COP(=O)(C(=O)O)OC[C@@H](O)[C@H]1O. The van der Waals surface area contributed by atoms with Gasteiger partial charge in [0, 0.05) is 0 Å². The van der Waals surface area contributed by atoms with Crippen LogP contribution in [0, 0.1) is 0 Å². The fraction of sp³-hybridized carbons (Fsp3) is 0.667. The van der Waals surface area contributed by atoms with E-state index < -0.39 is 44.5 Å². The van der Waals surface area contributed by atoms with E-state index in [0.29, 0.717) is 0 Å². The molecule has 0 aromatic rings. The Morgan fingerprint density at radius 2 is 2.00 bits per heavy atom. The summed E-state index contributed by atoms with van der Waals surface area (Å²) < 4.78 is 19.9. The molecule has 8 nitrogen and oxygen atoms in total. The number of carbonyl (C=O) groups is 2. The maximum absolute atomic E-state index is 11.3. The first-order valence-corrected chi connectivity index (χ1v) is 5.42. The second kappa shape index (κ2) is 4.38. The van der Waals surface area contributed by atoms with Crippen molar-refractivity contribution >= 4 is 19.1 Å². The lowest BCUT2D eigenvalue weighted by Gasteiger charge is -2.23. The number of hydrogen-bond acceptors (Lipinski definition) is 7. The highest BCUT2D eigenvalue weighted by Gasteiger charge is 2.40. The molecule has 1 heterocycles. The molecule has 0 saturated carbocycles. The first-order chi connectivity index (χ1) is 6.87. The second-order valence-electron chi connectivity index (χ2n) is 2.83. The van der Waals surface area contributed by atoms with Gasteiger partial charge in [0.05, 0.1) is 6.61 Å². The van der Waals surface area contributed by atoms with E-state index in [0.717, 1.165) is 0 Å². The molecule has 0 aliphatic carbocycles. The average Bonchev–Trinajstić information content (AvgIpc) is 2.20. The van der Waals surface area contributed by atoms with E-state index in [1.165, 1.54) is 0 Å². The van der Waals surface area contributed by atoms with Crippen LogP contribution in [0.25, 0.3) is 0 Å². The second-order valence-corrected chi connectivity index (χ2v) is 4.72. The van der Waals surface area contributed by atoms with Crippen molar-refractivity contribution in [2.24, 2.45) is 0 Å². The Bertz CT molecular complexity index is 325.